The summed E-state index contributed by atoms with van der Waals surface area (Å²) in [5.41, 5.74) is 1.39. The topological polar surface area (TPSA) is 0 Å². The average molecular weight is 381 g/mol. The molecular weight excluding hydrogens is 355 g/mol. The summed E-state index contributed by atoms with van der Waals surface area (Å²) >= 11 is 0. The molecule has 0 aliphatic carbocycles. The predicted octanol–water partition coefficient (Wildman–Crippen LogP) is 5.98. The summed E-state index contributed by atoms with van der Waals surface area (Å²) in [7, 11) is -1.78. The molecule has 1 heteroatoms. The summed E-state index contributed by atoms with van der Waals surface area (Å²) in [5.74, 6) is 0. The lowest BCUT2D eigenvalue weighted by Crippen LogP contribution is -2.32. The normalized spacial score (nSPS) is 10.6. The highest BCUT2D eigenvalue weighted by Crippen LogP contribution is 2.58. The third-order valence-electron chi connectivity index (χ3n) is 4.85. The molecule has 0 saturated carbocycles. The van der Waals surface area contributed by atoms with Crippen LogP contribution in [0.5, 0.6) is 0 Å². The van der Waals surface area contributed by atoms with Crippen LogP contribution in [0.15, 0.2) is 134 Å². The Labute approximate surface area is 169 Å². The van der Waals surface area contributed by atoms with Gasteiger partial charge >= 0.3 is 0 Å². The summed E-state index contributed by atoms with van der Waals surface area (Å²) in [6.07, 6.45) is 1.03. The van der Waals surface area contributed by atoms with Gasteiger partial charge in [-0.05, 0) is 42.0 Å². The molecule has 4 aromatic rings. The van der Waals surface area contributed by atoms with E-state index in [1.54, 1.807) is 0 Å². The molecule has 0 aliphatic rings. The Balaban J connectivity index is 0.00000109. The first-order valence-corrected chi connectivity index (χ1v) is 11.5. The Hall–Kier alpha value is -2.95. The van der Waals surface area contributed by atoms with Gasteiger partial charge in [0.2, 0.25) is 0 Å². The van der Waals surface area contributed by atoms with Crippen LogP contribution in [0.2, 0.25) is 0 Å². The van der Waals surface area contributed by atoms with Crippen molar-refractivity contribution in [3.63, 3.8) is 0 Å². The van der Waals surface area contributed by atoms with Crippen molar-refractivity contribution < 1.29 is 0 Å². The zero-order chi connectivity index (χ0) is 19.7. The summed E-state index contributed by atoms with van der Waals surface area (Å²) in [4.78, 5) is 0. The minimum absolute atomic E-state index is 1.03. The second-order valence-electron chi connectivity index (χ2n) is 6.46. The quantitative estimate of drug-likeness (QED) is 0.295. The van der Waals surface area contributed by atoms with Crippen molar-refractivity contribution >= 4 is 23.2 Å². The molecule has 0 spiro atoms. The Morgan fingerprint density at radius 3 is 1.04 bits per heavy atom. The summed E-state index contributed by atoms with van der Waals surface area (Å²) in [6, 6.07) is 44.0. The molecule has 0 atom stereocenters. The third kappa shape index (κ3) is 4.14. The maximum Gasteiger partial charge on any atom is 0.116 e. The van der Waals surface area contributed by atoms with Crippen molar-refractivity contribution in [1.82, 2.24) is 0 Å². The zero-order valence-electron chi connectivity index (χ0n) is 16.1. The molecule has 0 unspecified atom stereocenters. The molecule has 4 rings (SSSR count). The fourth-order valence-corrected chi connectivity index (χ4v) is 7.87. The van der Waals surface area contributed by atoms with Gasteiger partial charge in [0, 0.05) is 0 Å². The molecule has 0 saturated heterocycles. The van der Waals surface area contributed by atoms with Crippen LogP contribution >= 0.6 is 7.26 Å². The van der Waals surface area contributed by atoms with Crippen molar-refractivity contribution in [3.8, 4) is 0 Å². The number of hydrogen-bond donors (Lipinski definition) is 0. The SMILES string of the molecule is C=C.c1ccc(C[P+](c2ccccc2)(c2ccccc2)c2ccccc2)cc1. The molecule has 0 nitrogen and oxygen atoms in total. The fourth-order valence-electron chi connectivity index (χ4n) is 3.63. The van der Waals surface area contributed by atoms with Gasteiger partial charge in [-0.2, -0.15) is 0 Å². The molecule has 28 heavy (non-hydrogen) atoms. The van der Waals surface area contributed by atoms with E-state index < -0.39 is 7.26 Å². The van der Waals surface area contributed by atoms with Gasteiger partial charge in [0.05, 0.1) is 6.16 Å². The van der Waals surface area contributed by atoms with Gasteiger partial charge < -0.3 is 0 Å². The van der Waals surface area contributed by atoms with Crippen LogP contribution in [0, 0.1) is 0 Å². The van der Waals surface area contributed by atoms with E-state index in [9.17, 15) is 0 Å². The van der Waals surface area contributed by atoms with Crippen LogP contribution in [0.1, 0.15) is 5.56 Å². The third-order valence-corrected chi connectivity index (χ3v) is 9.23. The number of hydrogen-bond acceptors (Lipinski definition) is 0. The van der Waals surface area contributed by atoms with Gasteiger partial charge in [0.15, 0.2) is 0 Å². The van der Waals surface area contributed by atoms with Crippen molar-refractivity contribution in [2.24, 2.45) is 0 Å². The average Bonchev–Trinajstić information content (AvgIpc) is 2.81. The highest BCUT2D eigenvalue weighted by Gasteiger charge is 2.45. The second kappa shape index (κ2) is 9.83. The lowest BCUT2D eigenvalue weighted by atomic mass is 10.2. The molecule has 138 valence electrons. The monoisotopic (exact) mass is 381 g/mol. The maximum atomic E-state index is 3.00. The highest BCUT2D eigenvalue weighted by molar-refractivity contribution is 7.95. The Bertz CT molecular complexity index is 851. The molecule has 0 aliphatic heterocycles. The van der Waals surface area contributed by atoms with Crippen molar-refractivity contribution in [3.05, 3.63) is 140 Å². The standard InChI is InChI=1S/C25H22P.C2H4/c1-5-13-22(14-6-1)21-26(23-15-7-2-8-16-23,24-17-9-3-10-18-24)25-19-11-4-12-20-25;1-2/h1-20H,21H2;1-2H2/q+1;. The maximum absolute atomic E-state index is 3.00. The van der Waals surface area contributed by atoms with Gasteiger partial charge in [0.25, 0.3) is 0 Å². The first kappa shape index (κ1) is 19.8. The van der Waals surface area contributed by atoms with E-state index in [2.05, 4.69) is 134 Å². The number of rotatable bonds is 5. The Morgan fingerprint density at radius 1 is 0.429 bits per heavy atom. The molecule has 0 radical (unpaired) electrons. The minimum Gasteiger partial charge on any atom is -0.106 e. The van der Waals surface area contributed by atoms with Gasteiger partial charge in [-0.15, -0.1) is 13.2 Å². The minimum atomic E-state index is -1.78. The van der Waals surface area contributed by atoms with E-state index in [-0.39, 0.29) is 0 Å². The second-order valence-corrected chi connectivity index (χ2v) is 9.95. The van der Waals surface area contributed by atoms with E-state index in [1.807, 2.05) is 0 Å². The Kier molecular flexibility index (Phi) is 6.95. The van der Waals surface area contributed by atoms with Crippen LogP contribution in [0.4, 0.5) is 0 Å². The van der Waals surface area contributed by atoms with E-state index in [1.165, 1.54) is 21.5 Å². The summed E-state index contributed by atoms with van der Waals surface area (Å²) in [6.45, 7) is 6.00. The number of benzene rings is 4. The van der Waals surface area contributed by atoms with Crippen LogP contribution < -0.4 is 15.9 Å². The highest BCUT2D eigenvalue weighted by atomic mass is 31.2. The molecule has 0 amide bonds. The van der Waals surface area contributed by atoms with Gasteiger partial charge in [-0.3, -0.25) is 0 Å². The van der Waals surface area contributed by atoms with E-state index >= 15 is 0 Å². The van der Waals surface area contributed by atoms with E-state index in [0.29, 0.717) is 0 Å². The lowest BCUT2D eigenvalue weighted by molar-refractivity contribution is 1.39. The largest absolute Gasteiger partial charge is 0.116 e. The van der Waals surface area contributed by atoms with Gasteiger partial charge in [-0.25, -0.2) is 0 Å². The lowest BCUT2D eigenvalue weighted by Gasteiger charge is -2.27. The predicted molar refractivity (Wildman–Crippen MR) is 127 cm³/mol. The smallest absolute Gasteiger partial charge is 0.106 e. The van der Waals surface area contributed by atoms with Crippen LogP contribution in [-0.2, 0) is 6.16 Å². The summed E-state index contributed by atoms with van der Waals surface area (Å²) < 4.78 is 0. The molecule has 0 heterocycles. The molecule has 0 aromatic heterocycles. The molecular formula is C27H26P+. The summed E-state index contributed by atoms with van der Waals surface area (Å²) in [5, 5.41) is 4.30. The van der Waals surface area contributed by atoms with Crippen molar-refractivity contribution in [2.45, 2.75) is 6.16 Å². The molecule has 0 fully saturated rings. The Morgan fingerprint density at radius 2 is 0.714 bits per heavy atom. The van der Waals surface area contributed by atoms with Crippen LogP contribution in [0.25, 0.3) is 0 Å². The van der Waals surface area contributed by atoms with Gasteiger partial charge in [-0.1, -0.05) is 84.9 Å². The van der Waals surface area contributed by atoms with Crippen molar-refractivity contribution in [1.29, 1.82) is 0 Å². The fraction of sp³-hybridized carbons (Fsp3) is 0.0370. The van der Waals surface area contributed by atoms with E-state index in [0.717, 1.165) is 6.16 Å². The molecule has 0 N–H and O–H groups in total. The zero-order valence-corrected chi connectivity index (χ0v) is 17.0. The first-order chi connectivity index (χ1) is 13.9. The van der Waals surface area contributed by atoms with Crippen molar-refractivity contribution in [2.75, 3.05) is 0 Å². The van der Waals surface area contributed by atoms with E-state index in [4.69, 9.17) is 0 Å². The van der Waals surface area contributed by atoms with Gasteiger partial charge in [0.1, 0.15) is 23.2 Å². The first-order valence-electron chi connectivity index (χ1n) is 9.48. The molecule has 0 bridgehead atoms. The molecule has 4 aromatic carbocycles. The van der Waals surface area contributed by atoms with Crippen LogP contribution in [-0.4, -0.2) is 0 Å². The van der Waals surface area contributed by atoms with Crippen LogP contribution in [0.3, 0.4) is 0 Å².